The highest BCUT2D eigenvalue weighted by atomic mass is 16.5. The van der Waals surface area contributed by atoms with Gasteiger partial charge in [-0.2, -0.15) is 0 Å². The average molecular weight is 292 g/mol. The van der Waals surface area contributed by atoms with E-state index >= 15 is 0 Å². The van der Waals surface area contributed by atoms with Crippen molar-refractivity contribution in [3.8, 4) is 5.75 Å². The topological polar surface area (TPSA) is 87.7 Å². The van der Waals surface area contributed by atoms with E-state index in [4.69, 9.17) is 9.84 Å². The van der Waals surface area contributed by atoms with Crippen LogP contribution in [0.5, 0.6) is 5.75 Å². The molecule has 1 aliphatic carbocycles. The molecule has 2 amide bonds. The molecule has 0 aliphatic heterocycles. The predicted molar refractivity (Wildman–Crippen MR) is 77.2 cm³/mol. The van der Waals surface area contributed by atoms with Crippen LogP contribution in [0, 0.1) is 5.92 Å². The molecule has 1 aromatic carbocycles. The number of aliphatic carboxylic acids is 1. The van der Waals surface area contributed by atoms with Gasteiger partial charge in [-0.3, -0.25) is 4.79 Å². The molecule has 2 atom stereocenters. The second-order valence-corrected chi connectivity index (χ2v) is 5.04. The molecule has 0 aromatic heterocycles. The number of carboxylic acid groups (broad SMARTS) is 1. The molecule has 3 N–H and O–H groups in total. The Morgan fingerprint density at radius 1 is 1.24 bits per heavy atom. The zero-order valence-electron chi connectivity index (χ0n) is 11.7. The molecule has 0 spiro atoms. The Hall–Kier alpha value is -2.24. The van der Waals surface area contributed by atoms with Crippen molar-refractivity contribution in [1.82, 2.24) is 10.6 Å². The van der Waals surface area contributed by atoms with Gasteiger partial charge >= 0.3 is 12.0 Å². The minimum atomic E-state index is -0.842. The number of nitrogens with one attached hydrogen (secondary N) is 2. The van der Waals surface area contributed by atoms with Crippen molar-refractivity contribution >= 4 is 12.0 Å². The molecule has 0 radical (unpaired) electrons. The molecule has 1 fully saturated rings. The first-order chi connectivity index (χ1) is 10.2. The van der Waals surface area contributed by atoms with E-state index in [1.807, 2.05) is 30.3 Å². The van der Waals surface area contributed by atoms with Crippen molar-refractivity contribution < 1.29 is 19.4 Å². The standard InChI is InChI=1S/C15H20N2O4/c18-14(19)12-7-4-8-13(12)17-15(20)16-9-10-21-11-5-2-1-3-6-11/h1-3,5-6,12-13H,4,7-10H2,(H,18,19)(H2,16,17,20). The van der Waals surface area contributed by atoms with Crippen LogP contribution in [0.15, 0.2) is 30.3 Å². The maximum Gasteiger partial charge on any atom is 0.315 e. The number of benzene rings is 1. The molecule has 2 unspecified atom stereocenters. The van der Waals surface area contributed by atoms with E-state index in [0.717, 1.165) is 12.2 Å². The van der Waals surface area contributed by atoms with Crippen molar-refractivity contribution in [2.75, 3.05) is 13.2 Å². The zero-order valence-corrected chi connectivity index (χ0v) is 11.7. The third kappa shape index (κ3) is 4.66. The number of carboxylic acids is 1. The van der Waals surface area contributed by atoms with Crippen molar-refractivity contribution in [2.45, 2.75) is 25.3 Å². The molecule has 0 saturated heterocycles. The smallest absolute Gasteiger partial charge is 0.315 e. The highest BCUT2D eigenvalue weighted by Gasteiger charge is 2.33. The number of hydrogen-bond donors (Lipinski definition) is 3. The maximum absolute atomic E-state index is 11.7. The summed E-state index contributed by atoms with van der Waals surface area (Å²) in [5, 5.41) is 14.4. The summed E-state index contributed by atoms with van der Waals surface area (Å²) in [6.07, 6.45) is 2.17. The minimum absolute atomic E-state index is 0.280. The van der Waals surface area contributed by atoms with E-state index < -0.39 is 11.9 Å². The lowest BCUT2D eigenvalue weighted by Gasteiger charge is -2.18. The van der Waals surface area contributed by atoms with Crippen LogP contribution in [0.1, 0.15) is 19.3 Å². The predicted octanol–water partition coefficient (Wildman–Crippen LogP) is 1.62. The number of amides is 2. The summed E-state index contributed by atoms with van der Waals surface area (Å²) in [5.74, 6) is -0.567. The first kappa shape index (κ1) is 15.2. The van der Waals surface area contributed by atoms with Gasteiger partial charge in [0.25, 0.3) is 0 Å². The SMILES string of the molecule is O=C(NCCOc1ccccc1)NC1CCCC1C(=O)O. The maximum atomic E-state index is 11.7. The number of urea groups is 1. The van der Waals surface area contributed by atoms with Gasteiger partial charge in [-0.15, -0.1) is 0 Å². The van der Waals surface area contributed by atoms with Crippen LogP contribution >= 0.6 is 0 Å². The second-order valence-electron chi connectivity index (χ2n) is 5.04. The number of rotatable bonds is 6. The van der Waals surface area contributed by atoms with Gasteiger partial charge in [0.2, 0.25) is 0 Å². The van der Waals surface area contributed by atoms with Crippen molar-refractivity contribution in [3.05, 3.63) is 30.3 Å². The van der Waals surface area contributed by atoms with Crippen molar-refractivity contribution in [1.29, 1.82) is 0 Å². The molecule has 21 heavy (non-hydrogen) atoms. The second kappa shape index (κ2) is 7.52. The van der Waals surface area contributed by atoms with Crippen molar-refractivity contribution in [3.63, 3.8) is 0 Å². The molecular formula is C15H20N2O4. The van der Waals surface area contributed by atoms with Gasteiger partial charge in [0.1, 0.15) is 12.4 Å². The zero-order chi connectivity index (χ0) is 15.1. The lowest BCUT2D eigenvalue weighted by Crippen LogP contribution is -2.46. The fourth-order valence-electron chi connectivity index (χ4n) is 2.50. The van der Waals surface area contributed by atoms with E-state index in [-0.39, 0.29) is 12.1 Å². The normalized spacial score (nSPS) is 20.8. The van der Waals surface area contributed by atoms with Crippen LogP contribution < -0.4 is 15.4 Å². The van der Waals surface area contributed by atoms with Gasteiger partial charge in [0.05, 0.1) is 12.5 Å². The Bertz CT molecular complexity index is 478. The largest absolute Gasteiger partial charge is 0.492 e. The molecule has 6 heteroatoms. The molecule has 0 bridgehead atoms. The first-order valence-corrected chi connectivity index (χ1v) is 7.12. The molecule has 114 valence electrons. The first-order valence-electron chi connectivity index (χ1n) is 7.12. The van der Waals surface area contributed by atoms with Crippen LogP contribution in [-0.4, -0.2) is 36.3 Å². The molecule has 2 rings (SSSR count). The van der Waals surface area contributed by atoms with Crippen LogP contribution in [0.3, 0.4) is 0 Å². The molecule has 1 aromatic rings. The molecule has 0 heterocycles. The summed E-state index contributed by atoms with van der Waals surface area (Å²) >= 11 is 0. The van der Waals surface area contributed by atoms with E-state index in [2.05, 4.69) is 10.6 Å². The number of carbonyl (C=O) groups is 2. The van der Waals surface area contributed by atoms with Gasteiger partial charge in [0, 0.05) is 6.04 Å². The van der Waals surface area contributed by atoms with Gasteiger partial charge in [0.15, 0.2) is 0 Å². The van der Waals surface area contributed by atoms with E-state index in [9.17, 15) is 9.59 Å². The molecule has 1 aliphatic rings. The Balaban J connectivity index is 1.65. The van der Waals surface area contributed by atoms with Gasteiger partial charge in [-0.25, -0.2) is 4.79 Å². The van der Waals surface area contributed by atoms with Gasteiger partial charge < -0.3 is 20.5 Å². The fourth-order valence-corrected chi connectivity index (χ4v) is 2.50. The fraction of sp³-hybridized carbons (Fsp3) is 0.467. The summed E-state index contributed by atoms with van der Waals surface area (Å²) in [7, 11) is 0. The van der Waals surface area contributed by atoms with E-state index in [0.29, 0.717) is 26.0 Å². The lowest BCUT2D eigenvalue weighted by atomic mass is 10.0. The highest BCUT2D eigenvalue weighted by Crippen LogP contribution is 2.25. The number of para-hydroxylation sites is 1. The van der Waals surface area contributed by atoms with E-state index in [1.54, 1.807) is 0 Å². The third-order valence-corrected chi connectivity index (χ3v) is 3.55. The molecule has 1 saturated carbocycles. The number of ether oxygens (including phenoxy) is 1. The van der Waals surface area contributed by atoms with Crippen LogP contribution in [-0.2, 0) is 4.79 Å². The van der Waals surface area contributed by atoms with Crippen LogP contribution in [0.25, 0.3) is 0 Å². The monoisotopic (exact) mass is 292 g/mol. The van der Waals surface area contributed by atoms with E-state index in [1.165, 1.54) is 0 Å². The van der Waals surface area contributed by atoms with Gasteiger partial charge in [-0.1, -0.05) is 24.6 Å². The Morgan fingerprint density at radius 2 is 2.00 bits per heavy atom. The summed E-state index contributed by atoms with van der Waals surface area (Å²) in [6.45, 7) is 0.732. The highest BCUT2D eigenvalue weighted by molar-refractivity contribution is 5.77. The molecule has 6 nitrogen and oxygen atoms in total. The third-order valence-electron chi connectivity index (χ3n) is 3.55. The Labute approximate surface area is 123 Å². The Morgan fingerprint density at radius 3 is 2.71 bits per heavy atom. The number of carbonyl (C=O) groups excluding carboxylic acids is 1. The summed E-state index contributed by atoms with van der Waals surface area (Å²) in [4.78, 5) is 22.7. The number of hydrogen-bond acceptors (Lipinski definition) is 3. The summed E-state index contributed by atoms with van der Waals surface area (Å²) in [5.41, 5.74) is 0. The quantitative estimate of drug-likeness (QED) is 0.695. The summed E-state index contributed by atoms with van der Waals surface area (Å²) < 4.78 is 5.45. The average Bonchev–Trinajstić information content (AvgIpc) is 2.93. The van der Waals surface area contributed by atoms with Crippen LogP contribution in [0.4, 0.5) is 4.79 Å². The summed E-state index contributed by atoms with van der Waals surface area (Å²) in [6, 6.07) is 8.72. The lowest BCUT2D eigenvalue weighted by molar-refractivity contribution is -0.142. The minimum Gasteiger partial charge on any atom is -0.492 e. The van der Waals surface area contributed by atoms with Gasteiger partial charge in [-0.05, 0) is 25.0 Å². The molecular weight excluding hydrogens is 272 g/mol. The van der Waals surface area contributed by atoms with Crippen LogP contribution in [0.2, 0.25) is 0 Å². The Kier molecular flexibility index (Phi) is 5.43. The van der Waals surface area contributed by atoms with Crippen molar-refractivity contribution in [2.24, 2.45) is 5.92 Å².